The Hall–Kier alpha value is -2.40. The smallest absolute Gasteiger partial charge is 0.343 e. The maximum absolute atomic E-state index is 13.8. The summed E-state index contributed by atoms with van der Waals surface area (Å²) in [6.45, 7) is 5.55. The first-order chi connectivity index (χ1) is 12.3. The second-order valence-corrected chi connectivity index (χ2v) is 6.44. The number of hydrogen-bond acceptors (Lipinski definition) is 3. The van der Waals surface area contributed by atoms with Gasteiger partial charge in [0.05, 0.1) is 5.02 Å². The number of nitrogens with one attached hydrogen (secondary N) is 1. The van der Waals surface area contributed by atoms with Crippen molar-refractivity contribution in [1.82, 2.24) is 0 Å². The lowest BCUT2D eigenvalue weighted by molar-refractivity contribution is -0.123. The minimum absolute atomic E-state index is 0.0651. The number of carbonyl (C=O) groups excluding carboxylic acids is 2. The topological polar surface area (TPSA) is 55.4 Å². The van der Waals surface area contributed by atoms with Gasteiger partial charge in [-0.1, -0.05) is 49.7 Å². The van der Waals surface area contributed by atoms with Gasteiger partial charge < -0.3 is 10.1 Å². The van der Waals surface area contributed by atoms with E-state index in [0.717, 1.165) is 18.1 Å². The summed E-state index contributed by atoms with van der Waals surface area (Å²) in [6.07, 6.45) is -0.188. The Bertz CT molecular complexity index is 789. The van der Waals surface area contributed by atoms with Gasteiger partial charge in [0, 0.05) is 5.69 Å². The Balaban J connectivity index is 2.10. The van der Waals surface area contributed by atoms with Crippen LogP contribution in [0, 0.1) is 5.82 Å². The minimum Gasteiger partial charge on any atom is -0.449 e. The molecule has 0 saturated carbocycles. The van der Waals surface area contributed by atoms with Crippen LogP contribution in [0.3, 0.4) is 0 Å². The summed E-state index contributed by atoms with van der Waals surface area (Å²) in [6, 6.07) is 11.3. The van der Waals surface area contributed by atoms with Gasteiger partial charge in [0.15, 0.2) is 6.10 Å². The lowest BCUT2D eigenvalue weighted by Gasteiger charge is -2.18. The van der Waals surface area contributed by atoms with Crippen molar-refractivity contribution in [3.05, 3.63) is 64.4 Å². The zero-order valence-electron chi connectivity index (χ0n) is 14.9. The average molecular weight is 378 g/mol. The summed E-state index contributed by atoms with van der Waals surface area (Å²) in [5, 5.41) is 2.70. The predicted molar refractivity (Wildman–Crippen MR) is 100 cm³/mol. The molecule has 2 atom stereocenters. The van der Waals surface area contributed by atoms with Crippen molar-refractivity contribution >= 4 is 29.2 Å². The molecule has 0 saturated heterocycles. The van der Waals surface area contributed by atoms with E-state index in [9.17, 15) is 14.0 Å². The number of ether oxygens (including phenoxy) is 1. The van der Waals surface area contributed by atoms with Crippen molar-refractivity contribution in [2.45, 2.75) is 39.2 Å². The Morgan fingerprint density at radius 1 is 1.15 bits per heavy atom. The number of halogens is 2. The number of rotatable bonds is 6. The molecule has 0 aromatic heterocycles. The van der Waals surface area contributed by atoms with Gasteiger partial charge in [-0.2, -0.15) is 0 Å². The molecule has 0 bridgehead atoms. The molecule has 0 radical (unpaired) electrons. The summed E-state index contributed by atoms with van der Waals surface area (Å²) in [4.78, 5) is 24.5. The predicted octanol–water partition coefficient (Wildman–Crippen LogP) is 5.18. The lowest BCUT2D eigenvalue weighted by atomic mass is 9.97. The van der Waals surface area contributed by atoms with Crippen LogP contribution in [0.4, 0.5) is 10.1 Å². The zero-order valence-corrected chi connectivity index (χ0v) is 15.6. The van der Waals surface area contributed by atoms with E-state index in [1.165, 1.54) is 19.1 Å². The van der Waals surface area contributed by atoms with E-state index in [1.54, 1.807) is 6.07 Å². The van der Waals surface area contributed by atoms with Crippen LogP contribution >= 0.6 is 11.6 Å². The second-order valence-electron chi connectivity index (χ2n) is 6.03. The molecule has 138 valence electrons. The van der Waals surface area contributed by atoms with E-state index in [0.29, 0.717) is 5.69 Å². The molecule has 0 fully saturated rings. The number of carbonyl (C=O) groups is 2. The number of anilines is 1. The summed E-state index contributed by atoms with van der Waals surface area (Å²) in [5.41, 5.74) is 1.28. The summed E-state index contributed by atoms with van der Waals surface area (Å²) >= 11 is 5.85. The van der Waals surface area contributed by atoms with E-state index >= 15 is 0 Å². The van der Waals surface area contributed by atoms with E-state index in [4.69, 9.17) is 16.3 Å². The van der Waals surface area contributed by atoms with E-state index in [-0.39, 0.29) is 16.5 Å². The van der Waals surface area contributed by atoms with E-state index in [2.05, 4.69) is 19.2 Å². The normalized spacial score (nSPS) is 13.0. The van der Waals surface area contributed by atoms with Crippen LogP contribution in [0.15, 0.2) is 42.5 Å². The molecule has 0 spiro atoms. The molecule has 1 N–H and O–H groups in total. The minimum atomic E-state index is -1.11. The second kappa shape index (κ2) is 8.81. The SMILES string of the molecule is CC[C@H](C)c1ccccc1NC(=O)[C@H](C)OC(=O)c1c(F)cccc1Cl. The first kappa shape index (κ1) is 19.9. The quantitative estimate of drug-likeness (QED) is 0.706. The average Bonchev–Trinajstić information content (AvgIpc) is 2.61. The van der Waals surface area contributed by atoms with Crippen molar-refractivity contribution in [3.63, 3.8) is 0 Å². The van der Waals surface area contributed by atoms with Crippen LogP contribution in [0.2, 0.25) is 5.02 Å². The molecule has 0 aliphatic carbocycles. The van der Waals surface area contributed by atoms with Crippen molar-refractivity contribution < 1.29 is 18.7 Å². The summed E-state index contributed by atoms with van der Waals surface area (Å²) in [5.74, 6) is -2.01. The highest BCUT2D eigenvalue weighted by molar-refractivity contribution is 6.33. The molecule has 0 unspecified atom stereocenters. The fraction of sp³-hybridized carbons (Fsp3) is 0.300. The third-order valence-electron chi connectivity index (χ3n) is 4.18. The maximum Gasteiger partial charge on any atom is 0.343 e. The Morgan fingerprint density at radius 2 is 1.85 bits per heavy atom. The molecule has 0 heterocycles. The molecule has 2 aromatic carbocycles. The molecule has 2 rings (SSSR count). The van der Waals surface area contributed by atoms with Gasteiger partial charge in [0.2, 0.25) is 0 Å². The third kappa shape index (κ3) is 4.61. The van der Waals surface area contributed by atoms with Crippen molar-refractivity contribution in [3.8, 4) is 0 Å². The van der Waals surface area contributed by atoms with Crippen LogP contribution < -0.4 is 5.32 Å². The summed E-state index contributed by atoms with van der Waals surface area (Å²) < 4.78 is 18.9. The van der Waals surface area contributed by atoms with Gasteiger partial charge in [-0.3, -0.25) is 4.79 Å². The Labute approximate surface area is 157 Å². The van der Waals surface area contributed by atoms with Crippen LogP contribution in [-0.4, -0.2) is 18.0 Å². The maximum atomic E-state index is 13.8. The Morgan fingerprint density at radius 3 is 2.50 bits per heavy atom. The molecule has 26 heavy (non-hydrogen) atoms. The van der Waals surface area contributed by atoms with Crippen molar-refractivity contribution in [1.29, 1.82) is 0 Å². The van der Waals surface area contributed by atoms with Gasteiger partial charge in [0.1, 0.15) is 11.4 Å². The van der Waals surface area contributed by atoms with Crippen LogP contribution in [0.25, 0.3) is 0 Å². The number of para-hydroxylation sites is 1. The van der Waals surface area contributed by atoms with Gasteiger partial charge >= 0.3 is 5.97 Å². The van der Waals surface area contributed by atoms with E-state index < -0.39 is 23.8 Å². The zero-order chi connectivity index (χ0) is 19.3. The fourth-order valence-electron chi connectivity index (χ4n) is 2.46. The molecule has 6 heteroatoms. The highest BCUT2D eigenvalue weighted by Crippen LogP contribution is 2.27. The number of benzene rings is 2. The third-order valence-corrected chi connectivity index (χ3v) is 4.50. The molecular formula is C20H21ClFNO3. The van der Waals surface area contributed by atoms with E-state index in [1.807, 2.05) is 18.2 Å². The fourth-order valence-corrected chi connectivity index (χ4v) is 2.70. The molecular weight excluding hydrogens is 357 g/mol. The number of amides is 1. The van der Waals surface area contributed by atoms with Crippen LogP contribution in [0.1, 0.15) is 49.0 Å². The highest BCUT2D eigenvalue weighted by atomic mass is 35.5. The molecule has 1 amide bonds. The van der Waals surface area contributed by atoms with Gasteiger partial charge in [-0.25, -0.2) is 9.18 Å². The Kier molecular flexibility index (Phi) is 6.75. The molecule has 4 nitrogen and oxygen atoms in total. The lowest BCUT2D eigenvalue weighted by Crippen LogP contribution is -2.30. The number of hydrogen-bond donors (Lipinski definition) is 1. The van der Waals surface area contributed by atoms with Crippen LogP contribution in [-0.2, 0) is 9.53 Å². The standard InChI is InChI=1S/C20H21ClFNO3/c1-4-12(2)14-8-5-6-11-17(14)23-19(24)13(3)26-20(25)18-15(21)9-7-10-16(18)22/h5-13H,4H2,1-3H3,(H,23,24)/t12-,13-/m0/s1. The molecule has 0 aliphatic heterocycles. The molecule has 0 aliphatic rings. The highest BCUT2D eigenvalue weighted by Gasteiger charge is 2.24. The molecule has 2 aromatic rings. The van der Waals surface area contributed by atoms with Crippen LogP contribution in [0.5, 0.6) is 0 Å². The summed E-state index contributed by atoms with van der Waals surface area (Å²) in [7, 11) is 0. The van der Waals surface area contributed by atoms with Crippen molar-refractivity contribution in [2.24, 2.45) is 0 Å². The van der Waals surface area contributed by atoms with Crippen molar-refractivity contribution in [2.75, 3.05) is 5.32 Å². The monoisotopic (exact) mass is 377 g/mol. The van der Waals surface area contributed by atoms with Gasteiger partial charge in [-0.15, -0.1) is 0 Å². The largest absolute Gasteiger partial charge is 0.449 e. The number of esters is 1. The first-order valence-electron chi connectivity index (χ1n) is 8.39. The van der Waals surface area contributed by atoms with Gasteiger partial charge in [0.25, 0.3) is 5.91 Å². The van der Waals surface area contributed by atoms with Gasteiger partial charge in [-0.05, 0) is 43.0 Å². The first-order valence-corrected chi connectivity index (χ1v) is 8.77.